The first kappa shape index (κ1) is 12.7. The summed E-state index contributed by atoms with van der Waals surface area (Å²) in [7, 11) is 1.52. The monoisotopic (exact) mass is 268 g/mol. The predicted octanol–water partition coefficient (Wildman–Crippen LogP) is 0.587. The van der Waals surface area contributed by atoms with Gasteiger partial charge in [0.2, 0.25) is 5.91 Å². The van der Waals surface area contributed by atoms with Crippen LogP contribution in [0.3, 0.4) is 0 Å². The van der Waals surface area contributed by atoms with Crippen molar-refractivity contribution in [1.82, 2.24) is 4.90 Å². The second-order valence-electron chi connectivity index (χ2n) is 4.22. The van der Waals surface area contributed by atoms with E-state index in [2.05, 4.69) is 0 Å². The molecule has 0 spiro atoms. The standard InChI is InChI=1S/C12H13ClN2O3/c1-15(6-11(14)16)12(17)10-5-7-4-8(13)2-3-9(7)18-10/h2-4,10H,5-6H2,1H3,(H2,14,16)/t10-/m0/s1. The third-order valence-corrected chi connectivity index (χ3v) is 2.98. The van der Waals surface area contributed by atoms with Gasteiger partial charge in [-0.15, -0.1) is 0 Å². The number of likely N-dealkylation sites (N-methyl/N-ethyl adjacent to an activating group) is 1. The number of hydrogen-bond acceptors (Lipinski definition) is 3. The summed E-state index contributed by atoms with van der Waals surface area (Å²) in [6.07, 6.45) is -0.152. The first-order chi connectivity index (χ1) is 8.47. The SMILES string of the molecule is CN(CC(N)=O)C(=O)[C@@H]1Cc2cc(Cl)ccc2O1. The van der Waals surface area contributed by atoms with Crippen molar-refractivity contribution >= 4 is 23.4 Å². The fraction of sp³-hybridized carbons (Fsp3) is 0.333. The van der Waals surface area contributed by atoms with Crippen LogP contribution in [0.2, 0.25) is 5.02 Å². The summed E-state index contributed by atoms with van der Waals surface area (Å²) in [6, 6.07) is 5.22. The van der Waals surface area contributed by atoms with Gasteiger partial charge in [0, 0.05) is 18.5 Å². The Kier molecular flexibility index (Phi) is 3.43. The van der Waals surface area contributed by atoms with Gasteiger partial charge < -0.3 is 15.4 Å². The van der Waals surface area contributed by atoms with Crippen molar-refractivity contribution in [2.24, 2.45) is 5.73 Å². The van der Waals surface area contributed by atoms with Gasteiger partial charge in [-0.25, -0.2) is 0 Å². The second-order valence-corrected chi connectivity index (χ2v) is 4.66. The highest BCUT2D eigenvalue weighted by Gasteiger charge is 2.31. The molecule has 96 valence electrons. The van der Waals surface area contributed by atoms with Gasteiger partial charge in [-0.1, -0.05) is 11.6 Å². The van der Waals surface area contributed by atoms with E-state index in [9.17, 15) is 9.59 Å². The van der Waals surface area contributed by atoms with E-state index in [-0.39, 0.29) is 12.5 Å². The normalized spacial score (nSPS) is 16.9. The lowest BCUT2D eigenvalue weighted by atomic mass is 10.1. The van der Waals surface area contributed by atoms with Gasteiger partial charge in [0.25, 0.3) is 5.91 Å². The number of fused-ring (bicyclic) bond motifs is 1. The molecule has 6 heteroatoms. The molecule has 1 aliphatic rings. The smallest absolute Gasteiger partial charge is 0.264 e. The topological polar surface area (TPSA) is 72.6 Å². The number of nitrogens with two attached hydrogens (primary N) is 1. The minimum absolute atomic E-state index is 0.115. The molecule has 0 aromatic heterocycles. The molecule has 1 aliphatic heterocycles. The number of rotatable bonds is 3. The Morgan fingerprint density at radius 3 is 2.94 bits per heavy atom. The minimum atomic E-state index is -0.609. The molecule has 5 nitrogen and oxygen atoms in total. The number of hydrogen-bond donors (Lipinski definition) is 1. The lowest BCUT2D eigenvalue weighted by Crippen LogP contribution is -2.42. The van der Waals surface area contributed by atoms with Gasteiger partial charge in [-0.05, 0) is 23.8 Å². The summed E-state index contributed by atoms with van der Waals surface area (Å²) < 4.78 is 5.52. The zero-order valence-electron chi connectivity index (χ0n) is 9.85. The highest BCUT2D eigenvalue weighted by Crippen LogP contribution is 2.31. The molecule has 0 aliphatic carbocycles. The van der Waals surface area contributed by atoms with E-state index in [0.717, 1.165) is 5.56 Å². The molecule has 18 heavy (non-hydrogen) atoms. The van der Waals surface area contributed by atoms with Crippen LogP contribution in [-0.2, 0) is 16.0 Å². The van der Waals surface area contributed by atoms with Crippen molar-refractivity contribution in [1.29, 1.82) is 0 Å². The van der Waals surface area contributed by atoms with Crippen LogP contribution < -0.4 is 10.5 Å². The van der Waals surface area contributed by atoms with Gasteiger partial charge in [-0.3, -0.25) is 9.59 Å². The third kappa shape index (κ3) is 2.56. The summed E-state index contributed by atoms with van der Waals surface area (Å²) >= 11 is 5.87. The molecule has 2 rings (SSSR count). The van der Waals surface area contributed by atoms with E-state index < -0.39 is 12.0 Å². The van der Waals surface area contributed by atoms with Crippen LogP contribution in [0.5, 0.6) is 5.75 Å². The first-order valence-corrected chi connectivity index (χ1v) is 5.83. The summed E-state index contributed by atoms with van der Waals surface area (Å²) in [5.41, 5.74) is 5.94. The Hall–Kier alpha value is -1.75. The number of ether oxygens (including phenoxy) is 1. The Morgan fingerprint density at radius 2 is 2.28 bits per heavy atom. The van der Waals surface area contributed by atoms with Crippen LogP contribution in [0.4, 0.5) is 0 Å². The van der Waals surface area contributed by atoms with Crippen LogP contribution in [0.1, 0.15) is 5.56 Å². The van der Waals surface area contributed by atoms with E-state index in [1.165, 1.54) is 11.9 Å². The average Bonchev–Trinajstić information content (AvgIpc) is 2.69. The Morgan fingerprint density at radius 1 is 1.56 bits per heavy atom. The van der Waals surface area contributed by atoms with Gasteiger partial charge in [0.05, 0.1) is 6.54 Å². The first-order valence-electron chi connectivity index (χ1n) is 5.45. The van der Waals surface area contributed by atoms with E-state index in [1.54, 1.807) is 18.2 Å². The van der Waals surface area contributed by atoms with Crippen molar-refractivity contribution in [3.63, 3.8) is 0 Å². The summed E-state index contributed by atoms with van der Waals surface area (Å²) in [6.45, 7) is -0.115. The van der Waals surface area contributed by atoms with Gasteiger partial charge in [0.1, 0.15) is 5.75 Å². The predicted molar refractivity (Wildman–Crippen MR) is 66.4 cm³/mol. The maximum absolute atomic E-state index is 12.0. The Bertz CT molecular complexity index is 504. The Labute approximate surface area is 109 Å². The largest absolute Gasteiger partial charge is 0.480 e. The van der Waals surface area contributed by atoms with Crippen molar-refractivity contribution < 1.29 is 14.3 Å². The number of primary amides is 1. The fourth-order valence-corrected chi connectivity index (χ4v) is 2.11. The van der Waals surface area contributed by atoms with Crippen molar-refractivity contribution in [2.45, 2.75) is 12.5 Å². The van der Waals surface area contributed by atoms with Crippen LogP contribution >= 0.6 is 11.6 Å². The maximum Gasteiger partial charge on any atom is 0.264 e. The molecule has 0 saturated carbocycles. The van der Waals surface area contributed by atoms with Crippen molar-refractivity contribution in [3.05, 3.63) is 28.8 Å². The number of carbonyl (C=O) groups is 2. The molecule has 1 atom stereocenters. The van der Waals surface area contributed by atoms with Gasteiger partial charge in [-0.2, -0.15) is 0 Å². The molecule has 2 amide bonds. The molecule has 1 aromatic carbocycles. The quantitative estimate of drug-likeness (QED) is 0.872. The molecule has 0 unspecified atom stereocenters. The highest BCUT2D eigenvalue weighted by molar-refractivity contribution is 6.30. The van der Waals surface area contributed by atoms with Gasteiger partial charge in [0.15, 0.2) is 6.10 Å². The molecular formula is C12H13ClN2O3. The Balaban J connectivity index is 2.06. The van der Waals surface area contributed by atoms with E-state index in [0.29, 0.717) is 17.2 Å². The van der Waals surface area contributed by atoms with E-state index >= 15 is 0 Å². The van der Waals surface area contributed by atoms with E-state index in [1.807, 2.05) is 0 Å². The highest BCUT2D eigenvalue weighted by atomic mass is 35.5. The molecule has 1 heterocycles. The zero-order chi connectivity index (χ0) is 13.3. The number of amides is 2. The lowest BCUT2D eigenvalue weighted by Gasteiger charge is -2.19. The maximum atomic E-state index is 12.0. The van der Waals surface area contributed by atoms with Crippen molar-refractivity contribution in [2.75, 3.05) is 13.6 Å². The third-order valence-electron chi connectivity index (χ3n) is 2.74. The van der Waals surface area contributed by atoms with Gasteiger partial charge >= 0.3 is 0 Å². The number of nitrogens with zero attached hydrogens (tertiary/aromatic N) is 1. The molecular weight excluding hydrogens is 256 g/mol. The molecule has 2 N–H and O–H groups in total. The van der Waals surface area contributed by atoms with Crippen LogP contribution in [0, 0.1) is 0 Å². The molecule has 0 bridgehead atoms. The average molecular weight is 269 g/mol. The van der Waals surface area contributed by atoms with E-state index in [4.69, 9.17) is 22.1 Å². The van der Waals surface area contributed by atoms with Crippen LogP contribution in [-0.4, -0.2) is 36.4 Å². The summed E-state index contributed by atoms with van der Waals surface area (Å²) in [5.74, 6) is -0.157. The lowest BCUT2D eigenvalue weighted by molar-refractivity contribution is -0.139. The molecule has 0 saturated heterocycles. The number of carbonyl (C=O) groups excluding carboxylic acids is 2. The fourth-order valence-electron chi connectivity index (χ4n) is 1.91. The molecule has 0 radical (unpaired) electrons. The van der Waals surface area contributed by atoms with Crippen LogP contribution in [0.25, 0.3) is 0 Å². The molecule has 1 aromatic rings. The van der Waals surface area contributed by atoms with Crippen molar-refractivity contribution in [3.8, 4) is 5.75 Å². The summed E-state index contributed by atoms with van der Waals surface area (Å²) in [5, 5.41) is 0.607. The summed E-state index contributed by atoms with van der Waals surface area (Å²) in [4.78, 5) is 24.0. The molecule has 0 fully saturated rings. The zero-order valence-corrected chi connectivity index (χ0v) is 10.6. The number of halogens is 1. The minimum Gasteiger partial charge on any atom is -0.480 e. The second kappa shape index (κ2) is 4.86. The number of benzene rings is 1. The van der Waals surface area contributed by atoms with Crippen LogP contribution in [0.15, 0.2) is 18.2 Å².